The van der Waals surface area contributed by atoms with E-state index in [1.807, 2.05) is 52.9 Å². The molecule has 4 aromatic rings. The van der Waals surface area contributed by atoms with E-state index in [-0.39, 0.29) is 5.91 Å². The Labute approximate surface area is 200 Å². The van der Waals surface area contributed by atoms with Gasteiger partial charge in [0, 0.05) is 43.1 Å². The van der Waals surface area contributed by atoms with E-state index in [2.05, 4.69) is 37.5 Å². The third kappa shape index (κ3) is 4.90. The number of carbonyl (C=O) groups is 1. The number of nitrogens with one attached hydrogen (secondary N) is 2. The van der Waals surface area contributed by atoms with Crippen molar-refractivity contribution in [3.8, 4) is 0 Å². The standard InChI is InChI=1S/C23H22ClN7OS/c1-30-8-10-31(11-9-30)22(32)15-2-4-16(5-3-15)28-23-25-13-18(24)21(29-23)27-17-6-7-19-20(12-17)33-14-26-19/h2-7,12-14H,8-11H2,1H3,(H2,25,27,28,29). The largest absolute Gasteiger partial charge is 0.339 e. The van der Waals surface area contributed by atoms with Crippen LogP contribution >= 0.6 is 22.9 Å². The van der Waals surface area contributed by atoms with Crippen molar-refractivity contribution < 1.29 is 4.79 Å². The van der Waals surface area contributed by atoms with Crippen LogP contribution in [0.25, 0.3) is 10.2 Å². The van der Waals surface area contributed by atoms with Crippen molar-refractivity contribution in [3.63, 3.8) is 0 Å². The molecule has 1 saturated heterocycles. The number of piperazine rings is 1. The van der Waals surface area contributed by atoms with Crippen LogP contribution in [0.5, 0.6) is 0 Å². The molecule has 3 heterocycles. The molecule has 0 radical (unpaired) electrons. The van der Waals surface area contributed by atoms with E-state index in [0.717, 1.165) is 47.8 Å². The molecule has 0 aliphatic carbocycles. The van der Waals surface area contributed by atoms with Crippen LogP contribution in [-0.2, 0) is 0 Å². The lowest BCUT2D eigenvalue weighted by Gasteiger charge is -2.32. The molecule has 0 atom stereocenters. The van der Waals surface area contributed by atoms with Crippen molar-refractivity contribution in [2.75, 3.05) is 43.9 Å². The fraction of sp³-hybridized carbons (Fsp3) is 0.217. The van der Waals surface area contributed by atoms with Gasteiger partial charge in [0.1, 0.15) is 5.02 Å². The molecule has 0 bridgehead atoms. The van der Waals surface area contributed by atoms with Crippen molar-refractivity contribution in [1.29, 1.82) is 0 Å². The summed E-state index contributed by atoms with van der Waals surface area (Å²) in [6.07, 6.45) is 1.55. The quantitative estimate of drug-likeness (QED) is 0.432. The molecule has 10 heteroatoms. The third-order valence-corrected chi connectivity index (χ3v) is 6.58. The first-order valence-electron chi connectivity index (χ1n) is 10.5. The number of nitrogens with zero attached hydrogens (tertiary/aromatic N) is 5. The highest BCUT2D eigenvalue weighted by atomic mass is 35.5. The van der Waals surface area contributed by atoms with Crippen LogP contribution < -0.4 is 10.6 Å². The van der Waals surface area contributed by atoms with Crippen LogP contribution in [-0.4, -0.2) is 63.9 Å². The number of hydrogen-bond acceptors (Lipinski definition) is 8. The van der Waals surface area contributed by atoms with Crippen molar-refractivity contribution in [2.24, 2.45) is 0 Å². The number of carbonyl (C=O) groups excluding carboxylic acids is 1. The molecule has 1 aliphatic rings. The maximum atomic E-state index is 12.7. The molecule has 168 valence electrons. The third-order valence-electron chi connectivity index (χ3n) is 5.52. The highest BCUT2D eigenvalue weighted by Gasteiger charge is 2.20. The first kappa shape index (κ1) is 21.6. The minimum absolute atomic E-state index is 0.0572. The van der Waals surface area contributed by atoms with Crippen LogP contribution in [0.3, 0.4) is 0 Å². The van der Waals surface area contributed by atoms with E-state index < -0.39 is 0 Å². The first-order chi connectivity index (χ1) is 16.0. The Kier molecular flexibility index (Phi) is 6.08. The van der Waals surface area contributed by atoms with Gasteiger partial charge in [0.05, 0.1) is 21.9 Å². The summed E-state index contributed by atoms with van der Waals surface area (Å²) in [7, 11) is 2.07. The second-order valence-corrected chi connectivity index (χ2v) is 9.14. The molecule has 5 rings (SSSR count). The Morgan fingerprint density at radius 2 is 1.76 bits per heavy atom. The summed E-state index contributed by atoms with van der Waals surface area (Å²) in [5, 5.41) is 6.83. The zero-order valence-electron chi connectivity index (χ0n) is 18.0. The monoisotopic (exact) mass is 479 g/mol. The lowest BCUT2D eigenvalue weighted by Crippen LogP contribution is -2.47. The number of likely N-dealkylation sites (N-methyl/N-ethyl adjacent to an activating group) is 1. The van der Waals surface area contributed by atoms with E-state index in [9.17, 15) is 4.79 Å². The molecule has 33 heavy (non-hydrogen) atoms. The molecule has 0 spiro atoms. The van der Waals surface area contributed by atoms with E-state index >= 15 is 0 Å². The van der Waals surface area contributed by atoms with E-state index in [1.54, 1.807) is 17.5 Å². The molecule has 0 saturated carbocycles. The van der Waals surface area contributed by atoms with Gasteiger partial charge in [-0.3, -0.25) is 4.79 Å². The Bertz CT molecular complexity index is 1290. The zero-order valence-corrected chi connectivity index (χ0v) is 19.5. The minimum Gasteiger partial charge on any atom is -0.339 e. The fourth-order valence-electron chi connectivity index (χ4n) is 3.60. The van der Waals surface area contributed by atoms with Crippen molar-refractivity contribution in [3.05, 3.63) is 64.8 Å². The molecule has 2 N–H and O–H groups in total. The number of hydrogen-bond donors (Lipinski definition) is 2. The van der Waals surface area contributed by atoms with Gasteiger partial charge in [-0.05, 0) is 49.5 Å². The molecular weight excluding hydrogens is 458 g/mol. The summed E-state index contributed by atoms with van der Waals surface area (Å²) in [6, 6.07) is 13.2. The van der Waals surface area contributed by atoms with Gasteiger partial charge >= 0.3 is 0 Å². The van der Waals surface area contributed by atoms with Gasteiger partial charge in [0.2, 0.25) is 5.95 Å². The molecule has 2 aromatic carbocycles. The SMILES string of the molecule is CN1CCN(C(=O)c2ccc(Nc3ncc(Cl)c(Nc4ccc5ncsc5c4)n3)cc2)CC1. The number of halogens is 1. The van der Waals surface area contributed by atoms with Crippen molar-refractivity contribution in [1.82, 2.24) is 24.8 Å². The summed E-state index contributed by atoms with van der Waals surface area (Å²) in [5.74, 6) is 0.959. The maximum Gasteiger partial charge on any atom is 0.253 e. The van der Waals surface area contributed by atoms with Gasteiger partial charge < -0.3 is 20.4 Å². The second kappa shape index (κ2) is 9.30. The Hall–Kier alpha value is -3.27. The summed E-state index contributed by atoms with van der Waals surface area (Å²) in [5.41, 5.74) is 5.09. The maximum absolute atomic E-state index is 12.7. The Morgan fingerprint density at radius 3 is 2.55 bits per heavy atom. The predicted octanol–water partition coefficient (Wildman–Crippen LogP) is 4.61. The van der Waals surface area contributed by atoms with Crippen LogP contribution in [0.4, 0.5) is 23.1 Å². The normalized spacial score (nSPS) is 14.4. The van der Waals surface area contributed by atoms with Crippen molar-refractivity contribution >= 4 is 62.2 Å². The number of benzene rings is 2. The molecule has 1 aliphatic heterocycles. The van der Waals surface area contributed by atoms with Gasteiger partial charge in [-0.25, -0.2) is 9.97 Å². The van der Waals surface area contributed by atoms with Gasteiger partial charge in [0.15, 0.2) is 5.82 Å². The van der Waals surface area contributed by atoms with Crippen LogP contribution in [0.2, 0.25) is 5.02 Å². The average Bonchev–Trinajstić information content (AvgIpc) is 3.30. The van der Waals surface area contributed by atoms with Crippen molar-refractivity contribution in [2.45, 2.75) is 0 Å². The minimum atomic E-state index is 0.0572. The number of aromatic nitrogens is 3. The Balaban J connectivity index is 1.27. The van der Waals surface area contributed by atoms with E-state index in [1.165, 1.54) is 0 Å². The first-order valence-corrected chi connectivity index (χ1v) is 11.8. The van der Waals surface area contributed by atoms with Crippen LogP contribution in [0, 0.1) is 0 Å². The number of thiazole rings is 1. The lowest BCUT2D eigenvalue weighted by atomic mass is 10.1. The summed E-state index contributed by atoms with van der Waals surface area (Å²) >= 11 is 7.89. The lowest BCUT2D eigenvalue weighted by molar-refractivity contribution is 0.0664. The van der Waals surface area contributed by atoms with Gasteiger partial charge in [-0.15, -0.1) is 11.3 Å². The highest BCUT2D eigenvalue weighted by Crippen LogP contribution is 2.28. The summed E-state index contributed by atoms with van der Waals surface area (Å²) in [4.78, 5) is 29.9. The fourth-order valence-corrected chi connectivity index (χ4v) is 4.46. The summed E-state index contributed by atoms with van der Waals surface area (Å²) in [6.45, 7) is 3.29. The molecule has 1 amide bonds. The van der Waals surface area contributed by atoms with E-state index in [0.29, 0.717) is 22.4 Å². The predicted molar refractivity (Wildman–Crippen MR) is 133 cm³/mol. The number of fused-ring (bicyclic) bond motifs is 1. The smallest absolute Gasteiger partial charge is 0.253 e. The number of anilines is 4. The van der Waals surface area contributed by atoms with Gasteiger partial charge in [-0.2, -0.15) is 4.98 Å². The van der Waals surface area contributed by atoms with Crippen LogP contribution in [0.15, 0.2) is 54.2 Å². The molecule has 1 fully saturated rings. The second-order valence-electron chi connectivity index (χ2n) is 7.85. The van der Waals surface area contributed by atoms with Crippen LogP contribution in [0.1, 0.15) is 10.4 Å². The van der Waals surface area contributed by atoms with E-state index in [4.69, 9.17) is 11.6 Å². The Morgan fingerprint density at radius 1 is 1.00 bits per heavy atom. The molecule has 2 aromatic heterocycles. The highest BCUT2D eigenvalue weighted by molar-refractivity contribution is 7.16. The molecule has 8 nitrogen and oxygen atoms in total. The van der Waals surface area contributed by atoms with Gasteiger partial charge in [0.25, 0.3) is 5.91 Å². The van der Waals surface area contributed by atoms with Gasteiger partial charge in [-0.1, -0.05) is 11.6 Å². The number of rotatable bonds is 5. The zero-order chi connectivity index (χ0) is 22.8. The average molecular weight is 480 g/mol. The topological polar surface area (TPSA) is 86.3 Å². The number of amides is 1. The molecule has 0 unspecified atom stereocenters. The summed E-state index contributed by atoms with van der Waals surface area (Å²) < 4.78 is 1.08. The molecular formula is C23H22ClN7OS.